The van der Waals surface area contributed by atoms with Gasteiger partial charge in [-0.3, -0.25) is 9.48 Å². The van der Waals surface area contributed by atoms with Gasteiger partial charge < -0.3 is 5.11 Å². The Bertz CT molecular complexity index is 438. The zero-order valence-corrected chi connectivity index (χ0v) is 12.2. The molecule has 18 heavy (non-hydrogen) atoms. The predicted molar refractivity (Wildman–Crippen MR) is 72.0 cm³/mol. The molecule has 0 atom stereocenters. The SMILES string of the molecule is Cc1nn(CCCCC(C)(C)C(=O)O)c(C)c1Cl. The molecule has 102 valence electrons. The molecule has 0 unspecified atom stereocenters. The number of carboxylic acids is 1. The van der Waals surface area contributed by atoms with Gasteiger partial charge in [-0.1, -0.05) is 18.0 Å². The van der Waals surface area contributed by atoms with Crippen LogP contribution in [0.15, 0.2) is 0 Å². The second-order valence-electron chi connectivity index (χ2n) is 5.35. The van der Waals surface area contributed by atoms with Gasteiger partial charge >= 0.3 is 5.97 Å². The van der Waals surface area contributed by atoms with Gasteiger partial charge in [-0.15, -0.1) is 0 Å². The molecule has 0 aliphatic carbocycles. The van der Waals surface area contributed by atoms with Crippen molar-refractivity contribution in [3.8, 4) is 0 Å². The molecule has 0 bridgehead atoms. The zero-order chi connectivity index (χ0) is 13.9. The smallest absolute Gasteiger partial charge is 0.309 e. The van der Waals surface area contributed by atoms with Crippen LogP contribution in [0.5, 0.6) is 0 Å². The molecule has 0 aliphatic rings. The van der Waals surface area contributed by atoms with Crippen LogP contribution in [0.4, 0.5) is 0 Å². The Morgan fingerprint density at radius 1 is 1.39 bits per heavy atom. The summed E-state index contributed by atoms with van der Waals surface area (Å²) in [6, 6.07) is 0. The maximum absolute atomic E-state index is 11.0. The molecule has 4 nitrogen and oxygen atoms in total. The number of rotatable bonds is 6. The Morgan fingerprint density at radius 2 is 2.00 bits per heavy atom. The highest BCUT2D eigenvalue weighted by atomic mass is 35.5. The molecule has 1 aromatic heterocycles. The lowest BCUT2D eigenvalue weighted by molar-refractivity contribution is -0.147. The topological polar surface area (TPSA) is 55.1 Å². The summed E-state index contributed by atoms with van der Waals surface area (Å²) in [4.78, 5) is 11.0. The summed E-state index contributed by atoms with van der Waals surface area (Å²) in [7, 11) is 0. The van der Waals surface area contributed by atoms with Gasteiger partial charge in [0.15, 0.2) is 0 Å². The van der Waals surface area contributed by atoms with E-state index >= 15 is 0 Å². The Kier molecular flexibility index (Phi) is 4.79. The summed E-state index contributed by atoms with van der Waals surface area (Å²) in [5.41, 5.74) is 1.18. The molecule has 0 radical (unpaired) electrons. The fourth-order valence-corrected chi connectivity index (χ4v) is 1.96. The van der Waals surface area contributed by atoms with Gasteiger partial charge in [-0.2, -0.15) is 5.10 Å². The van der Waals surface area contributed by atoms with Crippen LogP contribution in [0.1, 0.15) is 44.5 Å². The molecule has 5 heteroatoms. The number of aliphatic carboxylic acids is 1. The first-order valence-corrected chi connectivity index (χ1v) is 6.56. The van der Waals surface area contributed by atoms with Gasteiger partial charge in [0.1, 0.15) is 0 Å². The number of carbonyl (C=O) groups is 1. The van der Waals surface area contributed by atoms with E-state index in [0.29, 0.717) is 6.42 Å². The highest BCUT2D eigenvalue weighted by Gasteiger charge is 2.26. The van der Waals surface area contributed by atoms with Crippen LogP contribution in [0, 0.1) is 19.3 Å². The molecule has 1 aromatic rings. The molecule has 0 fully saturated rings. The van der Waals surface area contributed by atoms with Crippen molar-refractivity contribution in [2.24, 2.45) is 5.41 Å². The normalized spacial score (nSPS) is 11.8. The lowest BCUT2D eigenvalue weighted by Crippen LogP contribution is -2.23. The minimum absolute atomic E-state index is 0.646. The monoisotopic (exact) mass is 272 g/mol. The number of aromatic nitrogens is 2. The molecule has 1 N–H and O–H groups in total. The third-order valence-corrected chi connectivity index (χ3v) is 3.84. The van der Waals surface area contributed by atoms with Crippen LogP contribution in [0.25, 0.3) is 0 Å². The summed E-state index contributed by atoms with van der Waals surface area (Å²) >= 11 is 6.06. The summed E-state index contributed by atoms with van der Waals surface area (Å²) in [6.45, 7) is 8.14. The molecule has 1 rings (SSSR count). The third-order valence-electron chi connectivity index (χ3n) is 3.29. The van der Waals surface area contributed by atoms with Crippen LogP contribution in [-0.2, 0) is 11.3 Å². The lowest BCUT2D eigenvalue weighted by Gasteiger charge is -2.18. The molecule has 0 saturated carbocycles. The molecule has 0 saturated heterocycles. The highest BCUT2D eigenvalue weighted by molar-refractivity contribution is 6.31. The van der Waals surface area contributed by atoms with Crippen molar-refractivity contribution in [2.45, 2.75) is 53.5 Å². The minimum atomic E-state index is -0.739. The Hall–Kier alpha value is -1.03. The van der Waals surface area contributed by atoms with Gasteiger partial charge in [0, 0.05) is 6.54 Å². The maximum Gasteiger partial charge on any atom is 0.309 e. The van der Waals surface area contributed by atoms with E-state index in [9.17, 15) is 4.79 Å². The largest absolute Gasteiger partial charge is 0.481 e. The van der Waals surface area contributed by atoms with Gasteiger partial charge in [0.05, 0.1) is 21.8 Å². The van der Waals surface area contributed by atoms with Crippen molar-refractivity contribution in [2.75, 3.05) is 0 Å². The Labute approximate surface area is 113 Å². The fraction of sp³-hybridized carbons (Fsp3) is 0.692. The van der Waals surface area contributed by atoms with Crippen LogP contribution in [0.3, 0.4) is 0 Å². The van der Waals surface area contributed by atoms with Crippen molar-refractivity contribution in [1.29, 1.82) is 0 Å². The van der Waals surface area contributed by atoms with Gasteiger partial charge in [-0.05, 0) is 40.5 Å². The average Bonchev–Trinajstić information content (AvgIpc) is 2.52. The first kappa shape index (κ1) is 15.0. The van der Waals surface area contributed by atoms with Crippen molar-refractivity contribution in [3.63, 3.8) is 0 Å². The number of aryl methyl sites for hydroxylation is 2. The van der Waals surface area contributed by atoms with Crippen molar-refractivity contribution in [1.82, 2.24) is 9.78 Å². The number of hydrogen-bond donors (Lipinski definition) is 1. The van der Waals surface area contributed by atoms with Crippen molar-refractivity contribution < 1.29 is 9.90 Å². The molecule has 1 heterocycles. The molecular weight excluding hydrogens is 252 g/mol. The van der Waals surface area contributed by atoms with E-state index in [1.165, 1.54) is 0 Å². The van der Waals surface area contributed by atoms with Crippen LogP contribution < -0.4 is 0 Å². The quantitative estimate of drug-likeness (QED) is 0.807. The van der Waals surface area contributed by atoms with E-state index in [4.69, 9.17) is 16.7 Å². The van der Waals surface area contributed by atoms with Crippen LogP contribution in [0.2, 0.25) is 5.02 Å². The second-order valence-corrected chi connectivity index (χ2v) is 5.73. The first-order chi connectivity index (χ1) is 8.25. The Morgan fingerprint density at radius 3 is 2.44 bits per heavy atom. The van der Waals surface area contributed by atoms with Gasteiger partial charge in [0.25, 0.3) is 0 Å². The number of unbranched alkanes of at least 4 members (excludes halogenated alkanes) is 1. The third kappa shape index (κ3) is 3.48. The van der Waals surface area contributed by atoms with Crippen molar-refractivity contribution in [3.05, 3.63) is 16.4 Å². The molecular formula is C13H21ClN2O2. The molecule has 0 spiro atoms. The summed E-state index contributed by atoms with van der Waals surface area (Å²) in [6.07, 6.45) is 2.46. The first-order valence-electron chi connectivity index (χ1n) is 6.18. The van der Waals surface area contributed by atoms with Gasteiger partial charge in [-0.25, -0.2) is 0 Å². The lowest BCUT2D eigenvalue weighted by atomic mass is 9.87. The standard InChI is InChI=1S/C13H21ClN2O2/c1-9-11(14)10(2)16(15-9)8-6-5-7-13(3,4)12(17)18/h5-8H2,1-4H3,(H,17,18). The molecule has 0 amide bonds. The summed E-state index contributed by atoms with van der Waals surface area (Å²) in [5.74, 6) is -0.739. The Balaban J connectivity index is 2.43. The van der Waals surface area contributed by atoms with E-state index in [2.05, 4.69) is 5.10 Å². The van der Waals surface area contributed by atoms with E-state index in [-0.39, 0.29) is 0 Å². The molecule has 0 aromatic carbocycles. The fourth-order valence-electron chi connectivity index (χ4n) is 1.83. The average molecular weight is 273 g/mol. The minimum Gasteiger partial charge on any atom is -0.481 e. The van der Waals surface area contributed by atoms with Crippen LogP contribution >= 0.6 is 11.6 Å². The van der Waals surface area contributed by atoms with E-state index in [0.717, 1.165) is 35.8 Å². The van der Waals surface area contributed by atoms with E-state index in [1.807, 2.05) is 18.5 Å². The number of hydrogen-bond acceptors (Lipinski definition) is 2. The molecule has 0 aliphatic heterocycles. The van der Waals surface area contributed by atoms with Gasteiger partial charge in [0.2, 0.25) is 0 Å². The van der Waals surface area contributed by atoms with E-state index < -0.39 is 11.4 Å². The maximum atomic E-state index is 11.0. The van der Waals surface area contributed by atoms with E-state index in [1.54, 1.807) is 13.8 Å². The van der Waals surface area contributed by atoms with Crippen LogP contribution in [-0.4, -0.2) is 20.9 Å². The second kappa shape index (κ2) is 5.74. The predicted octanol–water partition coefficient (Wildman–Crippen LogP) is 3.43. The van der Waals surface area contributed by atoms with Crippen molar-refractivity contribution >= 4 is 17.6 Å². The summed E-state index contributed by atoms with van der Waals surface area (Å²) < 4.78 is 1.89. The zero-order valence-electron chi connectivity index (χ0n) is 11.5. The number of nitrogens with zero attached hydrogens (tertiary/aromatic N) is 2. The highest BCUT2D eigenvalue weighted by Crippen LogP contribution is 2.24. The number of carboxylic acid groups (broad SMARTS) is 1. The summed E-state index contributed by atoms with van der Waals surface area (Å²) in [5, 5.41) is 14.1. The number of halogens is 1.